The molecule has 8 heteroatoms. The largest absolute Gasteiger partial charge is 0.422 e. The summed E-state index contributed by atoms with van der Waals surface area (Å²) in [6, 6.07) is 40.1. The molecule has 0 saturated carbocycles. The Balaban J connectivity index is 1.00. The van der Waals surface area contributed by atoms with E-state index in [-0.39, 0.29) is 17.6 Å². The number of amidine groups is 1. The summed E-state index contributed by atoms with van der Waals surface area (Å²) in [6.07, 6.45) is 8.04. The highest BCUT2D eigenvalue weighted by Crippen LogP contribution is 2.30. The van der Waals surface area contributed by atoms with Gasteiger partial charge in [0.25, 0.3) is 5.91 Å². The smallest absolute Gasteiger partial charge is 0.316 e. The molecule has 8 rings (SSSR count). The summed E-state index contributed by atoms with van der Waals surface area (Å²) >= 11 is 0. The van der Waals surface area contributed by atoms with Gasteiger partial charge in [0, 0.05) is 11.6 Å². The Morgan fingerprint density at radius 1 is 0.792 bits per heavy atom. The molecule has 0 bridgehead atoms. The number of aryl methyl sites for hydroxylation is 3. The number of hydrogen-bond acceptors (Lipinski definition) is 6. The Morgan fingerprint density at radius 3 is 2.36 bits per heavy atom. The van der Waals surface area contributed by atoms with Gasteiger partial charge in [-0.1, -0.05) is 92.2 Å². The van der Waals surface area contributed by atoms with Crippen LogP contribution in [0.2, 0.25) is 0 Å². The zero-order chi connectivity index (χ0) is 36.3. The first-order chi connectivity index (χ1) is 25.9. The molecule has 0 atom stereocenters. The zero-order valence-corrected chi connectivity index (χ0v) is 29.1. The highest BCUT2D eigenvalue weighted by atomic mass is 19.1. The minimum absolute atomic E-state index is 0.171. The summed E-state index contributed by atoms with van der Waals surface area (Å²) in [7, 11) is 0. The van der Waals surface area contributed by atoms with Crippen molar-refractivity contribution in [1.82, 2.24) is 4.98 Å². The number of carbonyl (C=O) groups excluding carboxylic acids is 1. The number of carbonyl (C=O) groups is 1. The number of hydrogen-bond donors (Lipinski definition) is 2. The lowest BCUT2D eigenvalue weighted by Gasteiger charge is -2.16. The van der Waals surface area contributed by atoms with Crippen LogP contribution in [0.25, 0.3) is 44.1 Å². The number of nitrogens with one attached hydrogen (secondary N) is 2. The molecule has 53 heavy (non-hydrogen) atoms. The van der Waals surface area contributed by atoms with Gasteiger partial charge in [0.2, 0.25) is 0 Å². The molecule has 0 unspecified atom stereocenters. The van der Waals surface area contributed by atoms with E-state index in [9.17, 15) is 4.79 Å². The van der Waals surface area contributed by atoms with E-state index in [0.29, 0.717) is 22.8 Å². The summed E-state index contributed by atoms with van der Waals surface area (Å²) in [5.41, 5.74) is 12.7. The number of nitrogens with zero attached hydrogens (tertiary/aromatic N) is 3. The predicted octanol–water partition coefficient (Wildman–Crippen LogP) is 10.5. The minimum Gasteiger partial charge on any atom is -0.422 e. The van der Waals surface area contributed by atoms with Gasteiger partial charge in [0.05, 0.1) is 11.9 Å². The van der Waals surface area contributed by atoms with Crippen LogP contribution >= 0.6 is 0 Å². The summed E-state index contributed by atoms with van der Waals surface area (Å²) in [6.45, 7) is 2.09. The highest BCUT2D eigenvalue weighted by Gasteiger charge is 2.22. The van der Waals surface area contributed by atoms with E-state index in [0.717, 1.165) is 75.4 Å². The lowest BCUT2D eigenvalue weighted by molar-refractivity contribution is -0.113. The lowest BCUT2D eigenvalue weighted by atomic mass is 9.94. The first kappa shape index (κ1) is 33.5. The number of benzene rings is 6. The molecule has 2 heterocycles. The summed E-state index contributed by atoms with van der Waals surface area (Å²) in [5, 5.41) is 14.6. The van der Waals surface area contributed by atoms with Crippen molar-refractivity contribution in [2.45, 2.75) is 32.6 Å². The van der Waals surface area contributed by atoms with E-state index in [1.54, 1.807) is 12.3 Å². The van der Waals surface area contributed by atoms with Crippen LogP contribution in [-0.4, -0.2) is 22.9 Å². The third kappa shape index (κ3) is 7.12. The van der Waals surface area contributed by atoms with Crippen LogP contribution in [0.1, 0.15) is 35.6 Å². The van der Waals surface area contributed by atoms with E-state index in [1.807, 2.05) is 66.7 Å². The molecule has 1 aliphatic rings. The number of anilines is 2. The van der Waals surface area contributed by atoms with Crippen molar-refractivity contribution in [2.24, 2.45) is 5.10 Å². The van der Waals surface area contributed by atoms with Crippen LogP contribution < -0.4 is 10.3 Å². The van der Waals surface area contributed by atoms with E-state index < -0.39 is 0 Å². The van der Waals surface area contributed by atoms with E-state index in [4.69, 9.17) is 9.83 Å². The summed E-state index contributed by atoms with van der Waals surface area (Å²) in [5.74, 6) is -0.265. The van der Waals surface area contributed by atoms with Gasteiger partial charge in [-0.3, -0.25) is 15.1 Å². The molecule has 0 saturated heterocycles. The molecule has 6 aromatic carbocycles. The van der Waals surface area contributed by atoms with E-state index in [1.165, 1.54) is 22.6 Å². The fourth-order valence-electron chi connectivity index (χ4n) is 6.80. The number of hydrazone groups is 1. The number of rotatable bonds is 11. The third-order valence-electron chi connectivity index (χ3n) is 9.58. The Labute approximate surface area is 306 Å². The van der Waals surface area contributed by atoms with Crippen molar-refractivity contribution in [2.75, 3.05) is 10.3 Å². The topological polar surface area (TPSA) is 94.6 Å². The van der Waals surface area contributed by atoms with Crippen LogP contribution in [0, 0.1) is 11.2 Å². The lowest BCUT2D eigenvalue weighted by Crippen LogP contribution is -2.28. The quantitative estimate of drug-likeness (QED) is 0.104. The Hall–Kier alpha value is -6.67. The maximum Gasteiger partial charge on any atom is 0.316 e. The highest BCUT2D eigenvalue weighted by molar-refractivity contribution is 6.29. The summed E-state index contributed by atoms with van der Waals surface area (Å²) in [4.78, 5) is 18.1. The number of para-hydroxylation sites is 2. The van der Waals surface area contributed by atoms with Crippen molar-refractivity contribution in [3.05, 3.63) is 162 Å². The average molecular weight is 698 g/mol. The molecule has 260 valence electrons. The Bertz CT molecular complexity index is 2520. The van der Waals surface area contributed by atoms with Crippen LogP contribution in [0.15, 0.2) is 143 Å². The number of aromatic nitrogens is 1. The van der Waals surface area contributed by atoms with Crippen molar-refractivity contribution in [3.8, 4) is 22.3 Å². The normalized spacial score (nSPS) is 12.9. The van der Waals surface area contributed by atoms with Gasteiger partial charge < -0.3 is 4.42 Å². The van der Waals surface area contributed by atoms with E-state index >= 15 is 4.39 Å². The minimum atomic E-state index is -0.232. The molecule has 0 spiro atoms. The molecule has 2 N–H and O–H groups in total. The molecule has 1 aromatic heterocycles. The van der Waals surface area contributed by atoms with Crippen molar-refractivity contribution >= 4 is 51.5 Å². The second-order valence-electron chi connectivity index (χ2n) is 13.2. The fourth-order valence-corrected chi connectivity index (χ4v) is 6.80. The van der Waals surface area contributed by atoms with Gasteiger partial charge in [-0.05, 0) is 118 Å². The van der Waals surface area contributed by atoms with Crippen LogP contribution in [0.5, 0.6) is 0 Å². The van der Waals surface area contributed by atoms with Gasteiger partial charge in [-0.2, -0.15) is 10.1 Å². The molecule has 7 aromatic rings. The second-order valence-corrected chi connectivity index (χ2v) is 13.2. The first-order valence-corrected chi connectivity index (χ1v) is 17.7. The maximum absolute atomic E-state index is 15.3. The SMILES string of the molecule is CCCc1ccc(-c2ccc(CCc3ccc(-c4ccc5cc(N6C(=N)C=CC6=O)ccc5c4)cc3)c(/C=N/Nc3nc4ccccc4o3)c2)c(F)c1. The van der Waals surface area contributed by atoms with Crippen molar-refractivity contribution in [3.63, 3.8) is 0 Å². The van der Waals surface area contributed by atoms with Gasteiger partial charge >= 0.3 is 6.01 Å². The van der Waals surface area contributed by atoms with Gasteiger partial charge in [-0.25, -0.2) is 9.82 Å². The summed E-state index contributed by atoms with van der Waals surface area (Å²) < 4.78 is 21.0. The van der Waals surface area contributed by atoms with Crippen LogP contribution in [0.4, 0.5) is 16.1 Å². The first-order valence-electron chi connectivity index (χ1n) is 17.7. The van der Waals surface area contributed by atoms with Gasteiger partial charge in [0.15, 0.2) is 5.58 Å². The molecule has 1 amide bonds. The molecule has 7 nitrogen and oxygen atoms in total. The zero-order valence-electron chi connectivity index (χ0n) is 29.1. The van der Waals surface area contributed by atoms with Gasteiger partial charge in [0.1, 0.15) is 17.2 Å². The van der Waals surface area contributed by atoms with Crippen molar-refractivity contribution < 1.29 is 13.6 Å². The van der Waals surface area contributed by atoms with Crippen LogP contribution in [-0.2, 0) is 24.1 Å². The van der Waals surface area contributed by atoms with Crippen molar-refractivity contribution in [1.29, 1.82) is 5.41 Å². The third-order valence-corrected chi connectivity index (χ3v) is 9.58. The molecular weight excluding hydrogens is 662 g/mol. The van der Waals surface area contributed by atoms with E-state index in [2.05, 4.69) is 71.0 Å². The Morgan fingerprint density at radius 2 is 1.57 bits per heavy atom. The molecule has 1 aliphatic heterocycles. The van der Waals surface area contributed by atoms with Crippen LogP contribution in [0.3, 0.4) is 0 Å². The predicted molar refractivity (Wildman–Crippen MR) is 212 cm³/mol. The monoisotopic (exact) mass is 697 g/mol. The number of oxazole rings is 1. The number of fused-ring (bicyclic) bond motifs is 2. The van der Waals surface area contributed by atoms with Gasteiger partial charge in [-0.15, -0.1) is 0 Å². The molecular formula is C45H36FN5O2. The molecule has 0 fully saturated rings. The molecule has 0 radical (unpaired) electrons. The fraction of sp³-hybridized carbons (Fsp3) is 0.111. The number of halogens is 1. The average Bonchev–Trinajstić information content (AvgIpc) is 3.75. The Kier molecular flexibility index (Phi) is 9.17. The second kappa shape index (κ2) is 14.5. The standard InChI is InChI=1S/C45H36FN5O2/c1-2-5-30-11-21-39(40(46)24-30)36-18-15-32(37(26-36)28-48-50-45-49-41-6-3-4-7-42(41)53-45)14-10-29-8-12-31(13-9-29)33-16-17-35-27-38(20-19-34(35)25-33)51-43(47)22-23-44(51)52/h3-4,6-9,11-13,15-28,47H,2,5,10,14H2,1H3,(H,49,50)/b47-43?,48-28+. The number of amides is 1. The maximum atomic E-state index is 15.3. The molecule has 0 aliphatic carbocycles.